The van der Waals surface area contributed by atoms with Crippen LogP contribution in [0, 0.1) is 0 Å². The fraction of sp³-hybridized carbons (Fsp3) is 0.636. The number of hydrogen-bond acceptors (Lipinski definition) is 6. The average Bonchev–Trinajstić information content (AvgIpc) is 2.84. The van der Waals surface area contributed by atoms with E-state index in [1.807, 2.05) is 0 Å². The van der Waals surface area contributed by atoms with Gasteiger partial charge in [-0.2, -0.15) is 0 Å². The summed E-state index contributed by atoms with van der Waals surface area (Å²) in [6, 6.07) is 0. The third-order valence-electron chi connectivity index (χ3n) is 3.10. The zero-order chi connectivity index (χ0) is 14.5. The number of nitrogen functional groups attached to an aromatic ring is 1. The van der Waals surface area contributed by atoms with Gasteiger partial charge in [0.25, 0.3) is 0 Å². The molecule has 0 bridgehead atoms. The van der Waals surface area contributed by atoms with Crippen molar-refractivity contribution in [3.8, 4) is 0 Å². The monoisotopic (exact) mass is 282 g/mol. The van der Waals surface area contributed by atoms with E-state index in [2.05, 4.69) is 10.1 Å². The van der Waals surface area contributed by atoms with Crippen LogP contribution in [0.3, 0.4) is 0 Å². The van der Waals surface area contributed by atoms with E-state index < -0.39 is 0 Å². The van der Waals surface area contributed by atoms with E-state index in [4.69, 9.17) is 10.5 Å². The van der Waals surface area contributed by atoms with E-state index in [0.717, 1.165) is 0 Å². The number of aromatic nitrogens is 3. The van der Waals surface area contributed by atoms with Gasteiger partial charge in [-0.3, -0.25) is 9.59 Å². The van der Waals surface area contributed by atoms with Gasteiger partial charge < -0.3 is 20.3 Å². The van der Waals surface area contributed by atoms with Crippen LogP contribution in [0.25, 0.3) is 0 Å². The second-order valence-corrected chi connectivity index (χ2v) is 4.49. The second kappa shape index (κ2) is 6.33. The number of carbonyl (C=O) groups excluding carboxylic acids is 2. The Labute approximate surface area is 116 Å². The van der Waals surface area contributed by atoms with Gasteiger partial charge in [0.15, 0.2) is 0 Å². The first-order chi connectivity index (χ1) is 9.60. The van der Waals surface area contributed by atoms with Gasteiger partial charge in [0.2, 0.25) is 17.8 Å². The minimum atomic E-state index is -0.0614. The number of nitrogens with zero attached hydrogens (tertiary/aromatic N) is 5. The second-order valence-electron chi connectivity index (χ2n) is 4.49. The average molecular weight is 282 g/mol. The largest absolute Gasteiger partial charge is 0.375 e. The summed E-state index contributed by atoms with van der Waals surface area (Å²) in [5.41, 5.74) is 5.39. The first-order valence-electron chi connectivity index (χ1n) is 6.29. The van der Waals surface area contributed by atoms with Crippen molar-refractivity contribution in [1.82, 2.24) is 24.6 Å². The molecule has 2 N–H and O–H groups in total. The van der Waals surface area contributed by atoms with Gasteiger partial charge >= 0.3 is 0 Å². The summed E-state index contributed by atoms with van der Waals surface area (Å²) in [5, 5.41) is 3.87. The summed E-state index contributed by atoms with van der Waals surface area (Å²) in [5.74, 6) is 0.0326. The Balaban J connectivity index is 1.81. The molecule has 0 spiro atoms. The van der Waals surface area contributed by atoms with Gasteiger partial charge in [-0.25, -0.2) is 9.67 Å². The Bertz CT molecular complexity index is 480. The Morgan fingerprint density at radius 2 is 1.85 bits per heavy atom. The van der Waals surface area contributed by atoms with E-state index in [9.17, 15) is 9.59 Å². The summed E-state index contributed by atoms with van der Waals surface area (Å²) in [6.07, 6.45) is 1.42. The maximum atomic E-state index is 12.0. The molecule has 0 atom stereocenters. The van der Waals surface area contributed by atoms with Gasteiger partial charge in [0.1, 0.15) is 19.5 Å². The fourth-order valence-electron chi connectivity index (χ4n) is 2.04. The molecule has 1 saturated heterocycles. The van der Waals surface area contributed by atoms with Crippen LogP contribution in [-0.4, -0.2) is 76.3 Å². The van der Waals surface area contributed by atoms with E-state index in [-0.39, 0.29) is 30.9 Å². The van der Waals surface area contributed by atoms with Gasteiger partial charge in [0, 0.05) is 33.3 Å². The summed E-state index contributed by atoms with van der Waals surface area (Å²) in [6.45, 7) is 2.25. The Kier molecular flexibility index (Phi) is 4.51. The summed E-state index contributed by atoms with van der Waals surface area (Å²) in [7, 11) is 1.49. The molecule has 1 fully saturated rings. The molecule has 20 heavy (non-hydrogen) atoms. The van der Waals surface area contributed by atoms with E-state index in [1.54, 1.807) is 9.80 Å². The quantitative estimate of drug-likeness (QED) is 0.696. The molecule has 0 aliphatic carbocycles. The topological polar surface area (TPSA) is 107 Å². The van der Waals surface area contributed by atoms with Crippen molar-refractivity contribution in [3.05, 3.63) is 6.33 Å². The minimum absolute atomic E-state index is 0.0522. The molecule has 110 valence electrons. The van der Waals surface area contributed by atoms with Crippen molar-refractivity contribution in [2.75, 3.05) is 45.6 Å². The van der Waals surface area contributed by atoms with Crippen molar-refractivity contribution in [3.63, 3.8) is 0 Å². The third-order valence-corrected chi connectivity index (χ3v) is 3.10. The molecular formula is C11H18N6O3. The van der Waals surface area contributed by atoms with Crippen LogP contribution in [0.4, 0.5) is 5.95 Å². The van der Waals surface area contributed by atoms with Gasteiger partial charge in [0.05, 0.1) is 0 Å². The van der Waals surface area contributed by atoms with Crippen molar-refractivity contribution in [2.24, 2.45) is 0 Å². The van der Waals surface area contributed by atoms with Crippen LogP contribution in [0.5, 0.6) is 0 Å². The molecule has 1 aliphatic rings. The molecule has 9 heteroatoms. The lowest BCUT2D eigenvalue weighted by atomic mass is 10.3. The summed E-state index contributed by atoms with van der Waals surface area (Å²) in [4.78, 5) is 30.8. The van der Waals surface area contributed by atoms with Crippen LogP contribution in [0.1, 0.15) is 0 Å². The number of amides is 2. The number of piperazine rings is 1. The highest BCUT2D eigenvalue weighted by Crippen LogP contribution is 2.04. The molecule has 2 heterocycles. The molecule has 0 saturated carbocycles. The first-order valence-corrected chi connectivity index (χ1v) is 6.29. The van der Waals surface area contributed by atoms with Gasteiger partial charge in [-0.15, -0.1) is 5.10 Å². The highest BCUT2D eigenvalue weighted by molar-refractivity contribution is 5.79. The lowest BCUT2D eigenvalue weighted by Crippen LogP contribution is -2.52. The normalized spacial score (nSPS) is 15.4. The minimum Gasteiger partial charge on any atom is -0.375 e. The van der Waals surface area contributed by atoms with Crippen LogP contribution in [0.15, 0.2) is 6.33 Å². The van der Waals surface area contributed by atoms with Crippen LogP contribution < -0.4 is 5.73 Å². The van der Waals surface area contributed by atoms with Gasteiger partial charge in [-0.1, -0.05) is 0 Å². The Morgan fingerprint density at radius 3 is 2.35 bits per heavy atom. The Hall–Kier alpha value is -2.16. The predicted molar refractivity (Wildman–Crippen MR) is 69.5 cm³/mol. The number of anilines is 1. The molecule has 9 nitrogen and oxygen atoms in total. The van der Waals surface area contributed by atoms with Gasteiger partial charge in [-0.05, 0) is 0 Å². The highest BCUT2D eigenvalue weighted by Gasteiger charge is 2.24. The van der Waals surface area contributed by atoms with Crippen LogP contribution in [0.2, 0.25) is 0 Å². The predicted octanol–water partition coefficient (Wildman–Crippen LogP) is -1.82. The van der Waals surface area contributed by atoms with E-state index in [1.165, 1.54) is 18.1 Å². The molecule has 1 aromatic rings. The highest BCUT2D eigenvalue weighted by atomic mass is 16.5. The molecule has 0 aromatic carbocycles. The SMILES string of the molecule is COCC(=O)N1CCN(C(=O)Cn2cnc(N)n2)CC1. The first kappa shape index (κ1) is 14.3. The fourth-order valence-corrected chi connectivity index (χ4v) is 2.04. The molecule has 2 rings (SSSR count). The number of hydrogen-bond donors (Lipinski definition) is 1. The molecule has 0 unspecified atom stereocenters. The Morgan fingerprint density at radius 1 is 1.25 bits per heavy atom. The molecule has 0 radical (unpaired) electrons. The number of methoxy groups -OCH3 is 1. The van der Waals surface area contributed by atoms with Crippen molar-refractivity contribution < 1.29 is 14.3 Å². The lowest BCUT2D eigenvalue weighted by Gasteiger charge is -2.34. The number of carbonyl (C=O) groups is 2. The van der Waals surface area contributed by atoms with Crippen molar-refractivity contribution in [1.29, 1.82) is 0 Å². The maximum Gasteiger partial charge on any atom is 0.248 e. The van der Waals surface area contributed by atoms with E-state index in [0.29, 0.717) is 26.2 Å². The standard InChI is InChI=1S/C11H18N6O3/c1-20-7-10(19)16-4-2-15(3-5-16)9(18)6-17-8-13-11(12)14-17/h8H,2-7H2,1H3,(H2,12,14). The van der Waals surface area contributed by atoms with Crippen LogP contribution >= 0.6 is 0 Å². The molecule has 2 amide bonds. The van der Waals surface area contributed by atoms with E-state index >= 15 is 0 Å². The summed E-state index contributed by atoms with van der Waals surface area (Å²) < 4.78 is 6.21. The van der Waals surface area contributed by atoms with Crippen LogP contribution in [-0.2, 0) is 20.9 Å². The third kappa shape index (κ3) is 3.44. The van der Waals surface area contributed by atoms with Crippen molar-refractivity contribution >= 4 is 17.8 Å². The van der Waals surface area contributed by atoms with Crippen molar-refractivity contribution in [2.45, 2.75) is 6.54 Å². The molecule has 1 aromatic heterocycles. The number of rotatable bonds is 4. The molecule has 1 aliphatic heterocycles. The molecular weight excluding hydrogens is 264 g/mol. The number of nitrogens with two attached hydrogens (primary N) is 1. The summed E-state index contributed by atoms with van der Waals surface area (Å²) >= 11 is 0. The maximum absolute atomic E-state index is 12.0. The zero-order valence-electron chi connectivity index (χ0n) is 11.4. The zero-order valence-corrected chi connectivity index (χ0v) is 11.4. The number of ether oxygens (including phenoxy) is 1. The smallest absolute Gasteiger partial charge is 0.248 e. The lowest BCUT2D eigenvalue weighted by molar-refractivity contribution is -0.142.